The molecule has 1 aliphatic rings. The summed E-state index contributed by atoms with van der Waals surface area (Å²) in [6.07, 6.45) is 2.09. The zero-order chi connectivity index (χ0) is 18.3. The van der Waals surface area contributed by atoms with E-state index in [9.17, 15) is 4.79 Å². The number of nitrogens with one attached hydrogen (secondary N) is 2. The van der Waals surface area contributed by atoms with E-state index in [1.165, 1.54) is 5.56 Å². The van der Waals surface area contributed by atoms with Gasteiger partial charge in [0.2, 0.25) is 5.91 Å². The maximum Gasteiger partial charge on any atom is 0.230 e. The molecule has 0 spiro atoms. The van der Waals surface area contributed by atoms with Crippen LogP contribution in [0.15, 0.2) is 29.2 Å². The molecule has 0 bridgehead atoms. The molecule has 1 fully saturated rings. The van der Waals surface area contributed by atoms with Crippen molar-refractivity contribution in [1.29, 1.82) is 0 Å². The van der Waals surface area contributed by atoms with E-state index >= 15 is 0 Å². The average Bonchev–Trinajstić information content (AvgIpc) is 2.59. The summed E-state index contributed by atoms with van der Waals surface area (Å²) in [5.41, 5.74) is 1.55. The first-order valence-electron chi connectivity index (χ1n) is 9.04. The number of ether oxygens (including phenoxy) is 1. The van der Waals surface area contributed by atoms with E-state index in [0.717, 1.165) is 30.8 Å². The van der Waals surface area contributed by atoms with E-state index in [1.54, 1.807) is 18.9 Å². The van der Waals surface area contributed by atoms with E-state index in [0.29, 0.717) is 18.9 Å². The van der Waals surface area contributed by atoms with Crippen molar-refractivity contribution in [3.8, 4) is 0 Å². The summed E-state index contributed by atoms with van der Waals surface area (Å²) in [6, 6.07) is 8.53. The molecular formula is C20H33ClN2O2S. The first kappa shape index (κ1) is 23.3. The number of halogens is 1. The Kier molecular flexibility index (Phi) is 9.45. The fraction of sp³-hybridized carbons (Fsp3) is 0.650. The molecule has 1 aromatic rings. The van der Waals surface area contributed by atoms with Crippen molar-refractivity contribution in [2.75, 3.05) is 39.1 Å². The van der Waals surface area contributed by atoms with Crippen LogP contribution < -0.4 is 10.6 Å². The van der Waals surface area contributed by atoms with Gasteiger partial charge in [-0.25, -0.2) is 0 Å². The standard InChI is InChI=1S/C20H32N2O2S.ClH/c1-19(2,3)16-5-7-17(8-6-16)25-13-18(23)22-14-20(15-24-4)9-11-21-12-10-20;/h5-8,21H,9-15H2,1-4H3,(H,22,23);1H. The molecule has 1 aliphatic heterocycles. The van der Waals surface area contributed by atoms with Crippen LogP contribution in [0.2, 0.25) is 0 Å². The fourth-order valence-corrected chi connectivity index (χ4v) is 3.90. The largest absolute Gasteiger partial charge is 0.384 e. The molecule has 4 nitrogen and oxygen atoms in total. The molecule has 6 heteroatoms. The minimum absolute atomic E-state index is 0. The summed E-state index contributed by atoms with van der Waals surface area (Å²) >= 11 is 1.59. The van der Waals surface area contributed by atoms with Gasteiger partial charge in [0.15, 0.2) is 0 Å². The van der Waals surface area contributed by atoms with Gasteiger partial charge in [0.05, 0.1) is 12.4 Å². The fourth-order valence-electron chi connectivity index (χ4n) is 3.17. The van der Waals surface area contributed by atoms with Crippen LogP contribution in [-0.2, 0) is 14.9 Å². The third kappa shape index (κ3) is 7.10. The monoisotopic (exact) mass is 400 g/mol. The topological polar surface area (TPSA) is 50.4 Å². The van der Waals surface area contributed by atoms with Gasteiger partial charge in [-0.2, -0.15) is 0 Å². The highest BCUT2D eigenvalue weighted by Crippen LogP contribution is 2.28. The highest BCUT2D eigenvalue weighted by atomic mass is 35.5. The zero-order valence-corrected chi connectivity index (χ0v) is 18.0. The number of carbonyl (C=O) groups excluding carboxylic acids is 1. The molecule has 0 aliphatic carbocycles. The molecule has 1 saturated heterocycles. The van der Waals surface area contributed by atoms with Crippen LogP contribution in [0.3, 0.4) is 0 Å². The summed E-state index contributed by atoms with van der Waals surface area (Å²) in [6.45, 7) is 10.0. The van der Waals surface area contributed by atoms with Crippen molar-refractivity contribution in [2.24, 2.45) is 5.41 Å². The van der Waals surface area contributed by atoms with Crippen LogP contribution in [0.25, 0.3) is 0 Å². The summed E-state index contributed by atoms with van der Waals surface area (Å²) < 4.78 is 5.40. The smallest absolute Gasteiger partial charge is 0.230 e. The van der Waals surface area contributed by atoms with Crippen LogP contribution in [-0.4, -0.2) is 45.0 Å². The Hall–Kier alpha value is -0.750. The number of hydrogen-bond acceptors (Lipinski definition) is 4. The van der Waals surface area contributed by atoms with Crippen molar-refractivity contribution in [3.63, 3.8) is 0 Å². The van der Waals surface area contributed by atoms with Gasteiger partial charge < -0.3 is 15.4 Å². The quantitative estimate of drug-likeness (QED) is 0.686. The molecule has 0 unspecified atom stereocenters. The molecule has 2 N–H and O–H groups in total. The van der Waals surface area contributed by atoms with E-state index in [-0.39, 0.29) is 29.1 Å². The van der Waals surface area contributed by atoms with Crippen molar-refractivity contribution in [3.05, 3.63) is 29.8 Å². The first-order chi connectivity index (χ1) is 11.8. The zero-order valence-electron chi connectivity index (χ0n) is 16.4. The highest BCUT2D eigenvalue weighted by Gasteiger charge is 2.32. The lowest BCUT2D eigenvalue weighted by Gasteiger charge is -2.37. The number of hydrogen-bond donors (Lipinski definition) is 2. The molecule has 2 rings (SSSR count). The second-order valence-corrected chi connectivity index (χ2v) is 9.07. The van der Waals surface area contributed by atoms with E-state index < -0.39 is 0 Å². The van der Waals surface area contributed by atoms with Crippen molar-refractivity contribution in [2.45, 2.75) is 43.9 Å². The van der Waals surface area contributed by atoms with Gasteiger partial charge in [-0.1, -0.05) is 32.9 Å². The predicted octanol–water partition coefficient (Wildman–Crippen LogP) is 3.63. The molecule has 1 aromatic carbocycles. The third-order valence-electron chi connectivity index (χ3n) is 4.87. The highest BCUT2D eigenvalue weighted by molar-refractivity contribution is 8.00. The molecule has 0 saturated carbocycles. The van der Waals surface area contributed by atoms with Crippen LogP contribution >= 0.6 is 24.2 Å². The Morgan fingerprint density at radius 3 is 2.38 bits per heavy atom. The average molecular weight is 401 g/mol. The summed E-state index contributed by atoms with van der Waals surface area (Å²) in [5.74, 6) is 0.551. The molecular weight excluding hydrogens is 368 g/mol. The van der Waals surface area contributed by atoms with E-state index in [4.69, 9.17) is 4.74 Å². The minimum atomic E-state index is 0. The third-order valence-corrected chi connectivity index (χ3v) is 5.88. The van der Waals surface area contributed by atoms with Gasteiger partial charge in [-0.3, -0.25) is 4.79 Å². The van der Waals surface area contributed by atoms with Crippen LogP contribution in [0.1, 0.15) is 39.2 Å². The maximum absolute atomic E-state index is 12.2. The number of piperidine rings is 1. The number of carbonyl (C=O) groups is 1. The van der Waals surface area contributed by atoms with Gasteiger partial charge in [0.25, 0.3) is 0 Å². The molecule has 0 radical (unpaired) electrons. The number of benzene rings is 1. The Balaban J connectivity index is 0.00000338. The van der Waals surface area contributed by atoms with Crippen LogP contribution in [0.5, 0.6) is 0 Å². The van der Waals surface area contributed by atoms with Crippen molar-refractivity contribution < 1.29 is 9.53 Å². The Morgan fingerprint density at radius 2 is 1.85 bits per heavy atom. The van der Waals surface area contributed by atoms with Gasteiger partial charge >= 0.3 is 0 Å². The van der Waals surface area contributed by atoms with E-state index in [1.807, 2.05) is 0 Å². The number of amides is 1. The molecule has 26 heavy (non-hydrogen) atoms. The number of rotatable bonds is 7. The lowest BCUT2D eigenvalue weighted by Crippen LogP contribution is -2.47. The van der Waals surface area contributed by atoms with Gasteiger partial charge in [0, 0.05) is 24.0 Å². The summed E-state index contributed by atoms with van der Waals surface area (Å²) in [4.78, 5) is 13.4. The first-order valence-corrected chi connectivity index (χ1v) is 10.0. The number of methoxy groups -OCH3 is 1. The molecule has 1 heterocycles. The van der Waals surface area contributed by atoms with Gasteiger partial charge in [-0.15, -0.1) is 24.2 Å². The second kappa shape index (κ2) is 10.5. The molecule has 1 amide bonds. The van der Waals surface area contributed by atoms with Crippen molar-refractivity contribution in [1.82, 2.24) is 10.6 Å². The molecule has 0 aromatic heterocycles. The molecule has 0 atom stereocenters. The van der Waals surface area contributed by atoms with Crippen LogP contribution in [0.4, 0.5) is 0 Å². The lowest BCUT2D eigenvalue weighted by atomic mass is 9.79. The maximum atomic E-state index is 12.2. The van der Waals surface area contributed by atoms with Gasteiger partial charge in [-0.05, 0) is 49.0 Å². The Labute approximate surface area is 168 Å². The van der Waals surface area contributed by atoms with E-state index in [2.05, 4.69) is 55.7 Å². The Morgan fingerprint density at radius 1 is 1.23 bits per heavy atom. The van der Waals surface area contributed by atoms with Crippen molar-refractivity contribution >= 4 is 30.1 Å². The Bertz CT molecular complexity index is 546. The van der Waals surface area contributed by atoms with Crippen LogP contribution in [0, 0.1) is 5.41 Å². The number of thioether (sulfide) groups is 1. The molecule has 148 valence electrons. The minimum Gasteiger partial charge on any atom is -0.384 e. The van der Waals surface area contributed by atoms with Gasteiger partial charge in [0.1, 0.15) is 0 Å². The SMILES string of the molecule is COCC1(CNC(=O)CSc2ccc(C(C)(C)C)cc2)CCNCC1.Cl. The summed E-state index contributed by atoms with van der Waals surface area (Å²) in [7, 11) is 1.74. The lowest BCUT2D eigenvalue weighted by molar-refractivity contribution is -0.119. The predicted molar refractivity (Wildman–Crippen MR) is 113 cm³/mol. The summed E-state index contributed by atoms with van der Waals surface area (Å²) in [5, 5.41) is 6.49. The normalized spacial score (nSPS) is 16.6. The second-order valence-electron chi connectivity index (χ2n) is 8.02.